The lowest BCUT2D eigenvalue weighted by Gasteiger charge is -1.98. The van der Waals surface area contributed by atoms with Crippen molar-refractivity contribution in [2.45, 2.75) is 6.54 Å². The summed E-state index contributed by atoms with van der Waals surface area (Å²) in [5.41, 5.74) is 1.97. The van der Waals surface area contributed by atoms with Crippen molar-refractivity contribution in [1.82, 2.24) is 24.4 Å². The topological polar surface area (TPSA) is 60.0 Å². The molecule has 0 radical (unpaired) electrons. The Balaban J connectivity index is 1.63. The molecule has 0 aromatic carbocycles. The Hall–Kier alpha value is -2.19. The average Bonchev–Trinajstić information content (AvgIpc) is 3.20. The maximum atomic E-state index is 4.59. The van der Waals surface area contributed by atoms with E-state index in [1.165, 1.54) is 4.88 Å². The quantitative estimate of drug-likeness (QED) is 0.629. The lowest BCUT2D eigenvalue weighted by molar-refractivity contribution is 0.768. The van der Waals surface area contributed by atoms with E-state index in [2.05, 4.69) is 38.0 Å². The molecule has 1 N–H and O–H groups in total. The molecule has 106 valence electrons. The number of aromatic nitrogens is 5. The summed E-state index contributed by atoms with van der Waals surface area (Å²) in [6.45, 7) is 0.788. The predicted molar refractivity (Wildman–Crippen MR) is 84.7 cm³/mol. The van der Waals surface area contributed by atoms with Crippen LogP contribution in [0.25, 0.3) is 16.2 Å². The van der Waals surface area contributed by atoms with Crippen molar-refractivity contribution in [2.24, 2.45) is 7.05 Å². The van der Waals surface area contributed by atoms with E-state index >= 15 is 0 Å². The number of imidazole rings is 1. The van der Waals surface area contributed by atoms with E-state index in [1.54, 1.807) is 27.4 Å². The number of nitrogens with zero attached hydrogens (tertiary/aromatic N) is 5. The lowest BCUT2D eigenvalue weighted by Crippen LogP contribution is -1.98. The Bertz CT molecular complexity index is 870. The molecule has 0 aliphatic rings. The fourth-order valence-electron chi connectivity index (χ4n) is 2.09. The monoisotopic (exact) mass is 316 g/mol. The summed E-state index contributed by atoms with van der Waals surface area (Å²) in [5, 5.41) is 15.1. The van der Waals surface area contributed by atoms with Gasteiger partial charge in [0.05, 0.1) is 24.6 Å². The fourth-order valence-corrected chi connectivity index (χ4v) is 3.51. The van der Waals surface area contributed by atoms with Gasteiger partial charge in [-0.2, -0.15) is 5.10 Å². The van der Waals surface area contributed by atoms with E-state index in [0.717, 1.165) is 27.9 Å². The van der Waals surface area contributed by atoms with E-state index in [1.807, 2.05) is 30.2 Å². The van der Waals surface area contributed by atoms with Gasteiger partial charge in [0.15, 0.2) is 0 Å². The molecule has 6 nitrogen and oxygen atoms in total. The number of anilines is 1. The van der Waals surface area contributed by atoms with E-state index in [9.17, 15) is 0 Å². The standard InChI is InChI=1S/C13H12N6S2/c1-18-8-9(5-16-18)11-7-15-13-19(11)17-12(21-13)14-6-10-3-2-4-20-10/h2-5,7-8H,6H2,1H3,(H,14,17). The highest BCUT2D eigenvalue weighted by molar-refractivity contribution is 7.20. The minimum absolute atomic E-state index is 0.788. The molecule has 4 aromatic heterocycles. The first-order chi connectivity index (χ1) is 10.3. The number of hydrogen-bond acceptors (Lipinski definition) is 6. The van der Waals surface area contributed by atoms with Crippen LogP contribution in [0.1, 0.15) is 4.88 Å². The summed E-state index contributed by atoms with van der Waals surface area (Å²) in [5.74, 6) is 0. The average molecular weight is 316 g/mol. The zero-order chi connectivity index (χ0) is 14.2. The number of aryl methyl sites for hydroxylation is 1. The fraction of sp³-hybridized carbons (Fsp3) is 0.154. The number of hydrogen-bond donors (Lipinski definition) is 1. The van der Waals surface area contributed by atoms with Crippen molar-refractivity contribution in [3.63, 3.8) is 0 Å². The van der Waals surface area contributed by atoms with Crippen molar-refractivity contribution in [3.05, 3.63) is 41.0 Å². The van der Waals surface area contributed by atoms with Gasteiger partial charge in [0.25, 0.3) is 0 Å². The van der Waals surface area contributed by atoms with E-state index in [0.29, 0.717) is 0 Å². The first kappa shape index (κ1) is 12.5. The molecule has 0 saturated carbocycles. The van der Waals surface area contributed by atoms with Crippen LogP contribution >= 0.6 is 22.7 Å². The molecule has 4 rings (SSSR count). The molecular formula is C13H12N6S2. The zero-order valence-corrected chi connectivity index (χ0v) is 12.9. The highest BCUT2D eigenvalue weighted by Crippen LogP contribution is 2.26. The van der Waals surface area contributed by atoms with E-state index in [-0.39, 0.29) is 0 Å². The van der Waals surface area contributed by atoms with Gasteiger partial charge in [-0.05, 0) is 11.4 Å². The minimum Gasteiger partial charge on any atom is -0.355 e. The third-order valence-electron chi connectivity index (χ3n) is 3.08. The molecule has 4 heterocycles. The maximum Gasteiger partial charge on any atom is 0.214 e. The van der Waals surface area contributed by atoms with Gasteiger partial charge < -0.3 is 5.32 Å². The van der Waals surface area contributed by atoms with Crippen LogP contribution in [-0.4, -0.2) is 24.4 Å². The molecule has 0 bridgehead atoms. The van der Waals surface area contributed by atoms with Gasteiger partial charge in [0.1, 0.15) is 0 Å². The molecule has 0 atom stereocenters. The highest BCUT2D eigenvalue weighted by atomic mass is 32.1. The van der Waals surface area contributed by atoms with E-state index in [4.69, 9.17) is 0 Å². The SMILES string of the molecule is Cn1cc(-c2cnc3sc(NCc4cccs4)nn23)cn1. The van der Waals surface area contributed by atoms with Gasteiger partial charge >= 0.3 is 0 Å². The van der Waals surface area contributed by atoms with Crippen LogP contribution in [0.5, 0.6) is 0 Å². The second-order valence-electron chi connectivity index (χ2n) is 4.58. The third-order valence-corrected chi connectivity index (χ3v) is 4.84. The smallest absolute Gasteiger partial charge is 0.214 e. The molecule has 0 spiro atoms. The van der Waals surface area contributed by atoms with Crippen LogP contribution in [-0.2, 0) is 13.6 Å². The number of fused-ring (bicyclic) bond motifs is 1. The predicted octanol–water partition coefficient (Wildman–Crippen LogP) is 2.86. The molecule has 0 unspecified atom stereocenters. The Labute approximate surface area is 128 Å². The molecule has 0 aliphatic carbocycles. The molecule has 4 aromatic rings. The number of thiophene rings is 1. The van der Waals surface area contributed by atoms with Gasteiger partial charge in [-0.3, -0.25) is 4.68 Å². The van der Waals surface area contributed by atoms with Gasteiger partial charge in [0.2, 0.25) is 10.1 Å². The largest absolute Gasteiger partial charge is 0.355 e. The van der Waals surface area contributed by atoms with Gasteiger partial charge in [-0.25, -0.2) is 9.50 Å². The summed E-state index contributed by atoms with van der Waals surface area (Å²) < 4.78 is 3.63. The summed E-state index contributed by atoms with van der Waals surface area (Å²) in [7, 11) is 1.90. The van der Waals surface area contributed by atoms with Crippen LogP contribution < -0.4 is 5.32 Å². The Morgan fingerprint density at radius 1 is 1.33 bits per heavy atom. The first-order valence-electron chi connectivity index (χ1n) is 6.39. The summed E-state index contributed by atoms with van der Waals surface area (Å²) in [4.78, 5) is 6.58. The number of nitrogens with one attached hydrogen (secondary N) is 1. The Morgan fingerprint density at radius 3 is 3.05 bits per heavy atom. The highest BCUT2D eigenvalue weighted by Gasteiger charge is 2.12. The van der Waals surface area contributed by atoms with Crippen molar-refractivity contribution in [2.75, 3.05) is 5.32 Å². The summed E-state index contributed by atoms with van der Waals surface area (Å²) in [6.07, 6.45) is 5.61. The molecule has 21 heavy (non-hydrogen) atoms. The molecule has 0 aliphatic heterocycles. The van der Waals surface area contributed by atoms with Crippen LogP contribution in [0.15, 0.2) is 36.1 Å². The number of rotatable bonds is 4. The lowest BCUT2D eigenvalue weighted by atomic mass is 10.3. The van der Waals surface area contributed by atoms with Crippen LogP contribution in [0.2, 0.25) is 0 Å². The normalized spacial score (nSPS) is 11.3. The molecular weight excluding hydrogens is 304 g/mol. The third kappa shape index (κ3) is 2.32. The van der Waals surface area contributed by atoms with Crippen molar-refractivity contribution < 1.29 is 0 Å². The summed E-state index contributed by atoms with van der Waals surface area (Å²) >= 11 is 3.28. The van der Waals surface area contributed by atoms with Crippen LogP contribution in [0.4, 0.5) is 5.13 Å². The second kappa shape index (κ2) is 4.97. The van der Waals surface area contributed by atoms with Crippen molar-refractivity contribution in [1.29, 1.82) is 0 Å². The van der Waals surface area contributed by atoms with Gasteiger partial charge in [0, 0.05) is 23.7 Å². The Kier molecular flexibility index (Phi) is 2.97. The van der Waals surface area contributed by atoms with Gasteiger partial charge in [-0.15, -0.1) is 16.4 Å². The maximum absolute atomic E-state index is 4.59. The summed E-state index contributed by atoms with van der Waals surface area (Å²) in [6, 6.07) is 4.16. The molecule has 0 amide bonds. The zero-order valence-electron chi connectivity index (χ0n) is 11.2. The van der Waals surface area contributed by atoms with E-state index < -0.39 is 0 Å². The second-order valence-corrected chi connectivity index (χ2v) is 6.57. The first-order valence-corrected chi connectivity index (χ1v) is 8.09. The molecule has 0 saturated heterocycles. The molecule has 0 fully saturated rings. The minimum atomic E-state index is 0.788. The van der Waals surface area contributed by atoms with Crippen LogP contribution in [0, 0.1) is 0 Å². The van der Waals surface area contributed by atoms with Crippen LogP contribution in [0.3, 0.4) is 0 Å². The Morgan fingerprint density at radius 2 is 2.29 bits per heavy atom. The van der Waals surface area contributed by atoms with Crippen molar-refractivity contribution in [3.8, 4) is 11.3 Å². The van der Waals surface area contributed by atoms with Crippen molar-refractivity contribution >= 4 is 32.8 Å². The van der Waals surface area contributed by atoms with Gasteiger partial charge in [-0.1, -0.05) is 17.4 Å². The molecule has 8 heteroatoms.